The van der Waals surface area contributed by atoms with E-state index in [2.05, 4.69) is 5.32 Å². The van der Waals surface area contributed by atoms with Gasteiger partial charge in [-0.15, -0.1) is 0 Å². The number of nitrogens with two attached hydrogens (primary N) is 1. The molecule has 6 heteroatoms. The van der Waals surface area contributed by atoms with Crippen molar-refractivity contribution in [3.63, 3.8) is 0 Å². The summed E-state index contributed by atoms with van der Waals surface area (Å²) in [6, 6.07) is 5.62. The van der Waals surface area contributed by atoms with Crippen LogP contribution in [0.5, 0.6) is 0 Å². The maximum atomic E-state index is 12.6. The molecule has 1 fully saturated rings. The first-order chi connectivity index (χ1) is 12.6. The summed E-state index contributed by atoms with van der Waals surface area (Å²) in [5, 5.41) is 14.4. The van der Waals surface area contributed by atoms with Crippen LogP contribution in [0.4, 0.5) is 5.69 Å². The predicted octanol–water partition coefficient (Wildman–Crippen LogP) is 3.91. The van der Waals surface area contributed by atoms with Gasteiger partial charge in [-0.25, -0.2) is 0 Å². The molecule has 2 aromatic rings. The molecule has 1 aliphatic rings. The maximum Gasteiger partial charge on any atom is 0.224 e. The molecular weight excluding hydrogens is 350 g/mol. The summed E-state index contributed by atoms with van der Waals surface area (Å²) in [5.74, 6) is 0.510. The lowest BCUT2D eigenvalue weighted by molar-refractivity contribution is -0.117. The molecule has 0 saturated heterocycles. The first-order valence-electron chi connectivity index (χ1n) is 9.54. The van der Waals surface area contributed by atoms with Gasteiger partial charge in [0.25, 0.3) is 0 Å². The zero-order valence-electron chi connectivity index (χ0n) is 15.1. The summed E-state index contributed by atoms with van der Waals surface area (Å²) in [7, 11) is 0. The third-order valence-corrected chi connectivity index (χ3v) is 5.57. The van der Waals surface area contributed by atoms with Gasteiger partial charge in [0, 0.05) is 31.1 Å². The van der Waals surface area contributed by atoms with Gasteiger partial charge in [-0.05, 0) is 30.9 Å². The van der Waals surface area contributed by atoms with E-state index in [1.807, 2.05) is 29.0 Å². The van der Waals surface area contributed by atoms with Crippen molar-refractivity contribution in [2.45, 2.75) is 57.6 Å². The Morgan fingerprint density at radius 3 is 2.73 bits per heavy atom. The van der Waals surface area contributed by atoms with Gasteiger partial charge in [-0.2, -0.15) is 0 Å². The Morgan fingerprint density at radius 2 is 2.04 bits per heavy atom. The van der Waals surface area contributed by atoms with Gasteiger partial charge >= 0.3 is 0 Å². The van der Waals surface area contributed by atoms with Crippen LogP contribution in [0.2, 0.25) is 5.02 Å². The monoisotopic (exact) mass is 377 g/mol. The lowest BCUT2D eigenvalue weighted by Crippen LogP contribution is -2.24. The lowest BCUT2D eigenvalue weighted by Gasteiger charge is -2.13. The van der Waals surface area contributed by atoms with Crippen molar-refractivity contribution in [1.29, 1.82) is 0 Å². The summed E-state index contributed by atoms with van der Waals surface area (Å²) in [6.45, 7) is 0.551. The number of aliphatic hydroxyl groups excluding tert-OH is 1. The number of nitrogens with one attached hydrogen (secondary N) is 1. The quantitative estimate of drug-likeness (QED) is 0.667. The van der Waals surface area contributed by atoms with Crippen LogP contribution in [-0.2, 0) is 11.3 Å². The molecule has 5 nitrogen and oxygen atoms in total. The van der Waals surface area contributed by atoms with Crippen LogP contribution in [0.15, 0.2) is 24.4 Å². The summed E-state index contributed by atoms with van der Waals surface area (Å²) in [4.78, 5) is 12.6. The van der Waals surface area contributed by atoms with E-state index in [4.69, 9.17) is 17.3 Å². The minimum Gasteiger partial charge on any atom is -0.390 e. The molecule has 3 rings (SSSR count). The molecule has 0 aliphatic heterocycles. The fraction of sp³-hybridized carbons (Fsp3) is 0.550. The molecule has 0 bridgehead atoms. The summed E-state index contributed by atoms with van der Waals surface area (Å²) in [5.41, 5.74) is 7.13. The zero-order valence-corrected chi connectivity index (χ0v) is 15.8. The number of aliphatic hydroxyl groups is 1. The van der Waals surface area contributed by atoms with Crippen LogP contribution in [0.25, 0.3) is 10.9 Å². The molecule has 1 aromatic heterocycles. The molecular formula is C20H28ClN3O2. The van der Waals surface area contributed by atoms with Crippen molar-refractivity contribution in [2.24, 2.45) is 11.7 Å². The molecule has 0 spiro atoms. The Bertz CT molecular complexity index is 751. The smallest absolute Gasteiger partial charge is 0.224 e. The molecule has 1 unspecified atom stereocenters. The van der Waals surface area contributed by atoms with Crippen molar-refractivity contribution >= 4 is 34.1 Å². The average molecular weight is 378 g/mol. The topological polar surface area (TPSA) is 80.3 Å². The average Bonchev–Trinajstić information content (AvgIpc) is 2.79. The van der Waals surface area contributed by atoms with Crippen LogP contribution in [0.1, 0.15) is 44.9 Å². The van der Waals surface area contributed by atoms with E-state index in [0.717, 1.165) is 23.7 Å². The highest BCUT2D eigenvalue weighted by atomic mass is 35.5. The van der Waals surface area contributed by atoms with E-state index in [-0.39, 0.29) is 12.5 Å². The fourth-order valence-electron chi connectivity index (χ4n) is 3.89. The third kappa shape index (κ3) is 4.58. The van der Waals surface area contributed by atoms with Crippen molar-refractivity contribution in [2.75, 3.05) is 11.9 Å². The van der Waals surface area contributed by atoms with Gasteiger partial charge in [0.05, 0.1) is 22.3 Å². The number of fused-ring (bicyclic) bond motifs is 1. The lowest BCUT2D eigenvalue weighted by atomic mass is 9.96. The Kier molecular flexibility index (Phi) is 6.57. The van der Waals surface area contributed by atoms with E-state index in [9.17, 15) is 9.90 Å². The number of carbonyl (C=O) groups excluding carboxylic acids is 1. The number of rotatable bonds is 6. The van der Waals surface area contributed by atoms with Gasteiger partial charge in [0.2, 0.25) is 5.91 Å². The normalized spacial score (nSPS) is 17.2. The minimum absolute atomic E-state index is 0.0373. The number of nitrogens with zero attached hydrogens (tertiary/aromatic N) is 1. The Morgan fingerprint density at radius 1 is 1.31 bits per heavy atom. The van der Waals surface area contributed by atoms with Gasteiger partial charge in [0.1, 0.15) is 0 Å². The second-order valence-electron chi connectivity index (χ2n) is 7.33. The summed E-state index contributed by atoms with van der Waals surface area (Å²) >= 11 is 6.39. The number of halogens is 1. The first-order valence-corrected chi connectivity index (χ1v) is 9.91. The molecule has 26 heavy (non-hydrogen) atoms. The van der Waals surface area contributed by atoms with E-state index >= 15 is 0 Å². The van der Waals surface area contributed by atoms with E-state index in [1.54, 1.807) is 0 Å². The van der Waals surface area contributed by atoms with Gasteiger partial charge in [0.15, 0.2) is 0 Å². The molecule has 1 amide bonds. The highest BCUT2D eigenvalue weighted by Crippen LogP contribution is 2.33. The van der Waals surface area contributed by atoms with Crippen molar-refractivity contribution in [1.82, 2.24) is 4.57 Å². The van der Waals surface area contributed by atoms with Crippen LogP contribution in [0, 0.1) is 5.92 Å². The van der Waals surface area contributed by atoms with Crippen LogP contribution >= 0.6 is 11.6 Å². The standard InChI is InChI=1S/C20H28ClN3O2/c21-16-8-5-9-18-20(16)17(13-24(18)12-15(25)11-22)23-19(26)10-14-6-3-1-2-4-7-14/h5,8-9,13-15,25H,1-4,6-7,10-12,22H2,(H,23,26). The predicted molar refractivity (Wildman–Crippen MR) is 106 cm³/mol. The van der Waals surface area contributed by atoms with E-state index in [1.165, 1.54) is 25.7 Å². The Hall–Kier alpha value is -1.56. The number of hydrogen-bond acceptors (Lipinski definition) is 3. The second-order valence-corrected chi connectivity index (χ2v) is 7.74. The van der Waals surface area contributed by atoms with Crippen molar-refractivity contribution < 1.29 is 9.90 Å². The van der Waals surface area contributed by atoms with Crippen molar-refractivity contribution in [3.8, 4) is 0 Å². The van der Waals surface area contributed by atoms with Crippen LogP contribution < -0.4 is 11.1 Å². The number of aromatic nitrogens is 1. The molecule has 1 saturated carbocycles. The molecule has 1 aliphatic carbocycles. The largest absolute Gasteiger partial charge is 0.390 e. The van der Waals surface area contributed by atoms with Crippen LogP contribution in [0.3, 0.4) is 0 Å². The number of amides is 1. The van der Waals surface area contributed by atoms with Gasteiger partial charge in [-0.3, -0.25) is 4.79 Å². The number of hydrogen-bond donors (Lipinski definition) is 3. The molecule has 1 heterocycles. The molecule has 1 aromatic carbocycles. The first kappa shape index (κ1) is 19.2. The second kappa shape index (κ2) is 8.89. The van der Waals surface area contributed by atoms with E-state index < -0.39 is 6.10 Å². The number of carbonyl (C=O) groups is 1. The summed E-state index contributed by atoms with van der Waals surface area (Å²) < 4.78 is 1.90. The highest BCUT2D eigenvalue weighted by molar-refractivity contribution is 6.36. The minimum atomic E-state index is -0.640. The summed E-state index contributed by atoms with van der Waals surface area (Å²) in [6.07, 6.45) is 9.05. The molecule has 1 atom stereocenters. The maximum absolute atomic E-state index is 12.6. The molecule has 0 radical (unpaired) electrons. The highest BCUT2D eigenvalue weighted by Gasteiger charge is 2.19. The number of benzene rings is 1. The number of anilines is 1. The van der Waals surface area contributed by atoms with Crippen molar-refractivity contribution in [3.05, 3.63) is 29.4 Å². The van der Waals surface area contributed by atoms with Gasteiger partial charge in [-0.1, -0.05) is 43.4 Å². The third-order valence-electron chi connectivity index (χ3n) is 5.26. The molecule has 142 valence electrons. The van der Waals surface area contributed by atoms with Crippen LogP contribution in [-0.4, -0.2) is 28.2 Å². The fourth-order valence-corrected chi connectivity index (χ4v) is 4.16. The zero-order chi connectivity index (χ0) is 18.5. The van der Waals surface area contributed by atoms with Gasteiger partial charge < -0.3 is 20.7 Å². The molecule has 4 N–H and O–H groups in total. The SMILES string of the molecule is NCC(O)Cn1cc(NC(=O)CC2CCCCCC2)c2c(Cl)cccc21. The Labute approximate surface area is 159 Å². The Balaban J connectivity index is 1.79. The van der Waals surface area contributed by atoms with E-state index in [0.29, 0.717) is 29.6 Å².